The number of carbonyl (C=O) groups is 1. The van der Waals surface area contributed by atoms with Crippen molar-refractivity contribution >= 4 is 42.1 Å². The Morgan fingerprint density at radius 3 is 2.61 bits per heavy atom. The van der Waals surface area contributed by atoms with Crippen molar-refractivity contribution in [2.45, 2.75) is 25.4 Å². The lowest BCUT2D eigenvalue weighted by molar-refractivity contribution is -0.137. The Balaban J connectivity index is 0.00000242. The molecular formula is C14H20Cl2F3N3O. The van der Waals surface area contributed by atoms with E-state index >= 15 is 0 Å². The van der Waals surface area contributed by atoms with Gasteiger partial charge in [0.25, 0.3) is 0 Å². The van der Waals surface area contributed by atoms with Gasteiger partial charge in [0.05, 0.1) is 16.9 Å². The molecule has 1 aromatic carbocycles. The van der Waals surface area contributed by atoms with Crippen molar-refractivity contribution in [1.82, 2.24) is 5.32 Å². The van der Waals surface area contributed by atoms with Crippen LogP contribution in [0.4, 0.5) is 24.5 Å². The molecule has 1 fully saturated rings. The zero-order chi connectivity index (χ0) is 15.5. The van der Waals surface area contributed by atoms with Crippen LogP contribution in [0.25, 0.3) is 0 Å². The van der Waals surface area contributed by atoms with Gasteiger partial charge in [0.1, 0.15) is 0 Å². The number of halogens is 5. The number of anilines is 2. The third kappa shape index (κ3) is 6.45. The van der Waals surface area contributed by atoms with Gasteiger partial charge in [-0.25, -0.2) is 0 Å². The standard InChI is InChI=1S/C14H18F3N3O.2ClH/c15-14(16,17)10-2-3-11(18)12(7-10)20-13(21)4-1-9-5-6-19-8-9;;/h2-3,7,9,19H,1,4-6,8,18H2,(H,20,21);2*1H. The van der Waals surface area contributed by atoms with Crippen LogP contribution in [0.1, 0.15) is 24.8 Å². The summed E-state index contributed by atoms with van der Waals surface area (Å²) < 4.78 is 37.9. The summed E-state index contributed by atoms with van der Waals surface area (Å²) in [4.78, 5) is 11.8. The Morgan fingerprint density at radius 1 is 1.35 bits per heavy atom. The summed E-state index contributed by atoms with van der Waals surface area (Å²) in [6.07, 6.45) is -2.43. The van der Waals surface area contributed by atoms with Gasteiger partial charge in [-0.2, -0.15) is 13.2 Å². The van der Waals surface area contributed by atoms with Crippen LogP contribution in [-0.2, 0) is 11.0 Å². The Bertz CT molecular complexity index is 520. The van der Waals surface area contributed by atoms with E-state index in [1.807, 2.05) is 0 Å². The first-order valence-corrected chi connectivity index (χ1v) is 6.83. The minimum absolute atomic E-state index is 0. The average Bonchev–Trinajstić information content (AvgIpc) is 2.91. The Labute approximate surface area is 145 Å². The molecule has 1 saturated heterocycles. The van der Waals surface area contributed by atoms with Gasteiger partial charge in [0.15, 0.2) is 0 Å². The SMILES string of the molecule is Cl.Cl.Nc1ccc(C(F)(F)F)cc1NC(=O)CCC1CCNC1. The number of amides is 1. The molecule has 1 atom stereocenters. The number of hydrogen-bond acceptors (Lipinski definition) is 3. The van der Waals surface area contributed by atoms with E-state index in [1.54, 1.807) is 0 Å². The van der Waals surface area contributed by atoms with E-state index in [-0.39, 0.29) is 48.5 Å². The fraction of sp³-hybridized carbons (Fsp3) is 0.500. The van der Waals surface area contributed by atoms with E-state index in [4.69, 9.17) is 5.73 Å². The minimum Gasteiger partial charge on any atom is -0.397 e. The average molecular weight is 374 g/mol. The Kier molecular flexibility index (Phi) is 8.73. The van der Waals surface area contributed by atoms with Crippen LogP contribution in [0.15, 0.2) is 18.2 Å². The van der Waals surface area contributed by atoms with Gasteiger partial charge in [0, 0.05) is 6.42 Å². The number of nitrogen functional groups attached to an aromatic ring is 1. The maximum absolute atomic E-state index is 12.6. The Morgan fingerprint density at radius 2 is 2.04 bits per heavy atom. The van der Waals surface area contributed by atoms with Crippen molar-refractivity contribution in [2.75, 3.05) is 24.1 Å². The van der Waals surface area contributed by atoms with Crippen LogP contribution in [0.5, 0.6) is 0 Å². The van der Waals surface area contributed by atoms with Crippen LogP contribution in [0.3, 0.4) is 0 Å². The molecule has 1 aliphatic heterocycles. The molecule has 0 aromatic heterocycles. The van der Waals surface area contributed by atoms with Gasteiger partial charge in [-0.05, 0) is 50.0 Å². The van der Waals surface area contributed by atoms with Gasteiger partial charge >= 0.3 is 6.18 Å². The molecular weight excluding hydrogens is 354 g/mol. The second kappa shape index (κ2) is 9.20. The number of rotatable bonds is 4. The smallest absolute Gasteiger partial charge is 0.397 e. The third-order valence-corrected chi connectivity index (χ3v) is 3.60. The summed E-state index contributed by atoms with van der Waals surface area (Å²) in [5.74, 6) is 0.141. The largest absolute Gasteiger partial charge is 0.416 e. The number of benzene rings is 1. The van der Waals surface area contributed by atoms with Gasteiger partial charge in [-0.1, -0.05) is 0 Å². The van der Waals surface area contributed by atoms with Crippen molar-refractivity contribution in [2.24, 2.45) is 5.92 Å². The number of carbonyl (C=O) groups excluding carboxylic acids is 1. The molecule has 132 valence electrons. The third-order valence-electron chi connectivity index (χ3n) is 3.60. The number of nitrogens with one attached hydrogen (secondary N) is 2. The molecule has 0 bridgehead atoms. The summed E-state index contributed by atoms with van der Waals surface area (Å²) in [5, 5.41) is 5.66. The van der Waals surface area contributed by atoms with Crippen molar-refractivity contribution < 1.29 is 18.0 Å². The van der Waals surface area contributed by atoms with Gasteiger partial charge in [-0.15, -0.1) is 24.8 Å². The van der Waals surface area contributed by atoms with E-state index in [2.05, 4.69) is 10.6 Å². The summed E-state index contributed by atoms with van der Waals surface area (Å²) in [7, 11) is 0. The highest BCUT2D eigenvalue weighted by molar-refractivity contribution is 5.93. The molecule has 1 unspecified atom stereocenters. The predicted molar refractivity (Wildman–Crippen MR) is 89.2 cm³/mol. The fourth-order valence-electron chi connectivity index (χ4n) is 2.35. The molecule has 4 N–H and O–H groups in total. The van der Waals surface area contributed by atoms with E-state index in [0.717, 1.165) is 44.1 Å². The lowest BCUT2D eigenvalue weighted by atomic mass is 10.0. The molecule has 1 heterocycles. The van der Waals surface area contributed by atoms with E-state index in [1.165, 1.54) is 0 Å². The zero-order valence-electron chi connectivity index (χ0n) is 12.3. The second-order valence-electron chi connectivity index (χ2n) is 5.25. The summed E-state index contributed by atoms with van der Waals surface area (Å²) in [6.45, 7) is 1.84. The highest BCUT2D eigenvalue weighted by Gasteiger charge is 2.31. The summed E-state index contributed by atoms with van der Waals surface area (Å²) in [5.41, 5.74) is 4.92. The first-order chi connectivity index (χ1) is 9.86. The molecule has 0 aliphatic carbocycles. The summed E-state index contributed by atoms with van der Waals surface area (Å²) in [6, 6.07) is 2.92. The molecule has 9 heteroatoms. The zero-order valence-corrected chi connectivity index (χ0v) is 13.9. The van der Waals surface area contributed by atoms with Crippen molar-refractivity contribution in [1.29, 1.82) is 0 Å². The Hall–Kier alpha value is -1.18. The highest BCUT2D eigenvalue weighted by Crippen LogP contribution is 2.33. The predicted octanol–water partition coefficient (Wildman–Crippen LogP) is 3.46. The molecule has 0 saturated carbocycles. The van der Waals surface area contributed by atoms with E-state index < -0.39 is 11.7 Å². The normalized spacial score (nSPS) is 17.1. The van der Waals surface area contributed by atoms with Crippen LogP contribution in [0, 0.1) is 5.92 Å². The van der Waals surface area contributed by atoms with Crippen molar-refractivity contribution in [3.8, 4) is 0 Å². The first-order valence-electron chi connectivity index (χ1n) is 6.83. The monoisotopic (exact) mass is 373 g/mol. The highest BCUT2D eigenvalue weighted by atomic mass is 35.5. The van der Waals surface area contributed by atoms with Crippen LogP contribution < -0.4 is 16.4 Å². The van der Waals surface area contributed by atoms with Gasteiger partial charge in [-0.3, -0.25) is 4.79 Å². The quantitative estimate of drug-likeness (QED) is 0.708. The second-order valence-corrected chi connectivity index (χ2v) is 5.25. The minimum atomic E-state index is -4.46. The lowest BCUT2D eigenvalue weighted by Crippen LogP contribution is -2.16. The molecule has 23 heavy (non-hydrogen) atoms. The van der Waals surface area contributed by atoms with Crippen LogP contribution >= 0.6 is 24.8 Å². The summed E-state index contributed by atoms with van der Waals surface area (Å²) >= 11 is 0. The lowest BCUT2D eigenvalue weighted by Gasteiger charge is -2.13. The van der Waals surface area contributed by atoms with Gasteiger partial charge in [0.2, 0.25) is 5.91 Å². The number of hydrogen-bond donors (Lipinski definition) is 3. The molecule has 1 amide bonds. The van der Waals surface area contributed by atoms with E-state index in [9.17, 15) is 18.0 Å². The first kappa shape index (κ1) is 21.8. The van der Waals surface area contributed by atoms with Crippen LogP contribution in [-0.4, -0.2) is 19.0 Å². The molecule has 0 radical (unpaired) electrons. The maximum atomic E-state index is 12.6. The van der Waals surface area contributed by atoms with Crippen molar-refractivity contribution in [3.05, 3.63) is 23.8 Å². The molecule has 0 spiro atoms. The molecule has 2 rings (SSSR count). The molecule has 1 aromatic rings. The molecule has 1 aliphatic rings. The van der Waals surface area contributed by atoms with E-state index in [0.29, 0.717) is 5.92 Å². The van der Waals surface area contributed by atoms with Gasteiger partial charge < -0.3 is 16.4 Å². The number of alkyl halides is 3. The molecule has 4 nitrogen and oxygen atoms in total. The topological polar surface area (TPSA) is 67.1 Å². The number of nitrogens with two attached hydrogens (primary N) is 1. The van der Waals surface area contributed by atoms with Crippen molar-refractivity contribution in [3.63, 3.8) is 0 Å². The van der Waals surface area contributed by atoms with Crippen LogP contribution in [0.2, 0.25) is 0 Å². The maximum Gasteiger partial charge on any atom is 0.416 e. The fourth-order valence-corrected chi connectivity index (χ4v) is 2.35.